The summed E-state index contributed by atoms with van der Waals surface area (Å²) in [5.41, 5.74) is 3.72. The van der Waals surface area contributed by atoms with Gasteiger partial charge >= 0.3 is 0 Å². The van der Waals surface area contributed by atoms with E-state index >= 15 is 0 Å². The maximum atomic E-state index is 6.26. The first-order valence-corrected chi connectivity index (χ1v) is 8.92. The molecule has 4 aromatic rings. The second-order valence-electron chi connectivity index (χ2n) is 6.09. The van der Waals surface area contributed by atoms with Gasteiger partial charge in [0.2, 0.25) is 0 Å². The molecular formula is C21H18ClN3O2. The Kier molecular flexibility index (Phi) is 5.05. The fraction of sp³-hybridized carbons (Fsp3) is 0.143. The zero-order valence-corrected chi connectivity index (χ0v) is 15.5. The highest BCUT2D eigenvalue weighted by Gasteiger charge is 2.19. The summed E-state index contributed by atoms with van der Waals surface area (Å²) in [5, 5.41) is 9.25. The van der Waals surface area contributed by atoms with Crippen LogP contribution in [0.2, 0.25) is 5.02 Å². The fourth-order valence-electron chi connectivity index (χ4n) is 2.89. The zero-order valence-electron chi connectivity index (χ0n) is 14.7. The summed E-state index contributed by atoms with van der Waals surface area (Å²) < 4.78 is 13.3. The molecule has 1 unspecified atom stereocenters. The Balaban J connectivity index is 1.66. The highest BCUT2D eigenvalue weighted by Crippen LogP contribution is 2.26. The van der Waals surface area contributed by atoms with E-state index in [1.165, 1.54) is 0 Å². The number of halogens is 1. The van der Waals surface area contributed by atoms with E-state index in [1.54, 1.807) is 11.8 Å². The van der Waals surface area contributed by atoms with Crippen molar-refractivity contribution in [3.05, 3.63) is 88.9 Å². The lowest BCUT2D eigenvalue weighted by atomic mass is 10.2. The van der Waals surface area contributed by atoms with Gasteiger partial charge in [-0.1, -0.05) is 53.2 Å². The summed E-state index contributed by atoms with van der Waals surface area (Å²) in [7, 11) is 1.65. The van der Waals surface area contributed by atoms with E-state index in [0.29, 0.717) is 11.6 Å². The van der Waals surface area contributed by atoms with E-state index < -0.39 is 6.23 Å². The molecule has 0 aliphatic heterocycles. The lowest BCUT2D eigenvalue weighted by Gasteiger charge is -2.19. The minimum atomic E-state index is -0.420. The molecule has 0 saturated heterocycles. The van der Waals surface area contributed by atoms with Gasteiger partial charge in [0.1, 0.15) is 11.3 Å². The van der Waals surface area contributed by atoms with Crippen molar-refractivity contribution < 1.29 is 9.47 Å². The Morgan fingerprint density at radius 3 is 2.44 bits per heavy atom. The highest BCUT2D eigenvalue weighted by molar-refractivity contribution is 6.30. The molecule has 1 heterocycles. The van der Waals surface area contributed by atoms with Crippen molar-refractivity contribution in [2.24, 2.45) is 0 Å². The van der Waals surface area contributed by atoms with Crippen LogP contribution in [0.1, 0.15) is 17.4 Å². The normalized spacial score (nSPS) is 12.2. The second-order valence-corrected chi connectivity index (χ2v) is 6.52. The first-order chi connectivity index (χ1) is 13.2. The molecule has 0 aliphatic rings. The van der Waals surface area contributed by atoms with Crippen LogP contribution in [0.4, 0.5) is 0 Å². The Hall–Kier alpha value is -2.89. The molecule has 0 aliphatic carbocycles. The Morgan fingerprint density at radius 1 is 0.963 bits per heavy atom. The van der Waals surface area contributed by atoms with Crippen LogP contribution >= 0.6 is 11.6 Å². The predicted octanol–water partition coefficient (Wildman–Crippen LogP) is 4.86. The SMILES string of the molecule is COc1ccc(COC(c2ccc(Cl)cc2)n2nnc3ccccc32)cc1. The average Bonchev–Trinajstić information content (AvgIpc) is 3.14. The summed E-state index contributed by atoms with van der Waals surface area (Å²) in [5.74, 6) is 0.815. The molecule has 0 amide bonds. The number of ether oxygens (including phenoxy) is 2. The largest absolute Gasteiger partial charge is 0.497 e. The molecule has 1 aromatic heterocycles. The Labute approximate surface area is 162 Å². The number of benzene rings is 3. The van der Waals surface area contributed by atoms with E-state index in [4.69, 9.17) is 21.1 Å². The topological polar surface area (TPSA) is 49.2 Å². The van der Waals surface area contributed by atoms with Crippen molar-refractivity contribution in [2.45, 2.75) is 12.8 Å². The Bertz CT molecular complexity index is 1030. The van der Waals surface area contributed by atoms with E-state index in [2.05, 4.69) is 10.3 Å². The van der Waals surface area contributed by atoms with E-state index in [0.717, 1.165) is 27.9 Å². The molecule has 0 fully saturated rings. The van der Waals surface area contributed by atoms with Crippen LogP contribution in [0.3, 0.4) is 0 Å². The maximum absolute atomic E-state index is 6.26. The number of nitrogens with zero attached hydrogens (tertiary/aromatic N) is 3. The van der Waals surface area contributed by atoms with Gasteiger partial charge in [0.15, 0.2) is 6.23 Å². The summed E-state index contributed by atoms with van der Waals surface area (Å²) in [6, 6.07) is 23.2. The number of hydrogen-bond donors (Lipinski definition) is 0. The van der Waals surface area contributed by atoms with Gasteiger partial charge in [-0.2, -0.15) is 0 Å². The smallest absolute Gasteiger partial charge is 0.178 e. The van der Waals surface area contributed by atoms with Crippen LogP contribution in [0.15, 0.2) is 72.8 Å². The third-order valence-electron chi connectivity index (χ3n) is 4.32. The Morgan fingerprint density at radius 2 is 1.70 bits per heavy atom. The molecule has 3 aromatic carbocycles. The number of methoxy groups -OCH3 is 1. The van der Waals surface area contributed by atoms with Crippen LogP contribution in [0, 0.1) is 0 Å². The first kappa shape index (κ1) is 17.5. The summed E-state index contributed by atoms with van der Waals surface area (Å²) in [4.78, 5) is 0. The molecule has 1 atom stereocenters. The molecule has 27 heavy (non-hydrogen) atoms. The van der Waals surface area contributed by atoms with Gasteiger partial charge in [-0.25, -0.2) is 4.68 Å². The van der Waals surface area contributed by atoms with Gasteiger partial charge in [0, 0.05) is 10.6 Å². The lowest BCUT2D eigenvalue weighted by molar-refractivity contribution is 0.0132. The first-order valence-electron chi connectivity index (χ1n) is 8.54. The predicted molar refractivity (Wildman–Crippen MR) is 105 cm³/mol. The molecule has 0 saturated carbocycles. The minimum absolute atomic E-state index is 0.420. The summed E-state index contributed by atoms with van der Waals surface area (Å²) >= 11 is 6.05. The highest BCUT2D eigenvalue weighted by atomic mass is 35.5. The van der Waals surface area contributed by atoms with Crippen molar-refractivity contribution in [1.29, 1.82) is 0 Å². The van der Waals surface area contributed by atoms with E-state index in [-0.39, 0.29) is 0 Å². The van der Waals surface area contributed by atoms with Crippen molar-refractivity contribution in [3.63, 3.8) is 0 Å². The van der Waals surface area contributed by atoms with Crippen molar-refractivity contribution in [1.82, 2.24) is 15.0 Å². The van der Waals surface area contributed by atoms with E-state index in [9.17, 15) is 0 Å². The number of para-hydroxylation sites is 1. The molecule has 0 bridgehead atoms. The lowest BCUT2D eigenvalue weighted by Crippen LogP contribution is -2.16. The zero-order chi connectivity index (χ0) is 18.6. The fourth-order valence-corrected chi connectivity index (χ4v) is 3.02. The number of fused-ring (bicyclic) bond motifs is 1. The molecular weight excluding hydrogens is 362 g/mol. The van der Waals surface area contributed by atoms with Crippen molar-refractivity contribution in [2.75, 3.05) is 7.11 Å². The molecule has 0 spiro atoms. The maximum Gasteiger partial charge on any atom is 0.178 e. The van der Waals surface area contributed by atoms with E-state index in [1.807, 2.05) is 72.8 Å². The van der Waals surface area contributed by atoms with Crippen LogP contribution in [-0.2, 0) is 11.3 Å². The van der Waals surface area contributed by atoms with Crippen LogP contribution < -0.4 is 4.74 Å². The molecule has 6 heteroatoms. The van der Waals surface area contributed by atoms with Crippen LogP contribution in [-0.4, -0.2) is 22.1 Å². The average molecular weight is 380 g/mol. The van der Waals surface area contributed by atoms with Gasteiger partial charge in [0.25, 0.3) is 0 Å². The number of hydrogen-bond acceptors (Lipinski definition) is 4. The summed E-state index contributed by atoms with van der Waals surface area (Å²) in [6.45, 7) is 0.422. The molecule has 136 valence electrons. The van der Waals surface area contributed by atoms with Crippen LogP contribution in [0.25, 0.3) is 11.0 Å². The van der Waals surface area contributed by atoms with Gasteiger partial charge < -0.3 is 9.47 Å². The van der Waals surface area contributed by atoms with Gasteiger partial charge in [-0.3, -0.25) is 0 Å². The number of aromatic nitrogens is 3. The van der Waals surface area contributed by atoms with Crippen molar-refractivity contribution >= 4 is 22.6 Å². The van der Waals surface area contributed by atoms with Gasteiger partial charge in [-0.15, -0.1) is 5.10 Å². The third kappa shape index (κ3) is 3.79. The monoisotopic (exact) mass is 379 g/mol. The standard InChI is InChI=1S/C21H18ClN3O2/c1-26-18-12-6-15(7-13-18)14-27-21(16-8-10-17(22)11-9-16)25-20-5-3-2-4-19(20)23-24-25/h2-13,21H,14H2,1H3. The minimum Gasteiger partial charge on any atom is -0.497 e. The summed E-state index contributed by atoms with van der Waals surface area (Å²) in [6.07, 6.45) is -0.420. The van der Waals surface area contributed by atoms with Gasteiger partial charge in [-0.05, 0) is 42.0 Å². The number of rotatable bonds is 6. The van der Waals surface area contributed by atoms with Crippen LogP contribution in [0.5, 0.6) is 5.75 Å². The van der Waals surface area contributed by atoms with Gasteiger partial charge in [0.05, 0.1) is 19.2 Å². The molecule has 0 N–H and O–H groups in total. The molecule has 5 nitrogen and oxygen atoms in total. The van der Waals surface area contributed by atoms with Crippen molar-refractivity contribution in [3.8, 4) is 5.75 Å². The molecule has 4 rings (SSSR count). The molecule has 0 radical (unpaired) electrons. The quantitative estimate of drug-likeness (QED) is 0.480. The second kappa shape index (κ2) is 7.78. The third-order valence-corrected chi connectivity index (χ3v) is 4.57.